The van der Waals surface area contributed by atoms with E-state index in [-0.39, 0.29) is 11.1 Å². The SMILES string of the molecule is CNC(=O)C(NC(=O)c1cc(=O)[nH]c2ccccc12)c1ccc(F)c(F)c1. The molecule has 3 aromatic rings. The van der Waals surface area contributed by atoms with E-state index in [4.69, 9.17) is 0 Å². The number of carbonyl (C=O) groups is 2. The maximum Gasteiger partial charge on any atom is 0.253 e. The molecule has 1 unspecified atom stereocenters. The van der Waals surface area contributed by atoms with Gasteiger partial charge in [0.15, 0.2) is 11.6 Å². The Kier molecular flexibility index (Phi) is 4.98. The number of carbonyl (C=O) groups excluding carboxylic acids is 2. The summed E-state index contributed by atoms with van der Waals surface area (Å²) in [4.78, 5) is 39.4. The summed E-state index contributed by atoms with van der Waals surface area (Å²) in [7, 11) is 1.35. The van der Waals surface area contributed by atoms with Gasteiger partial charge in [0.25, 0.3) is 5.91 Å². The largest absolute Gasteiger partial charge is 0.357 e. The van der Waals surface area contributed by atoms with Gasteiger partial charge in [0.1, 0.15) is 6.04 Å². The van der Waals surface area contributed by atoms with Gasteiger partial charge in [0.2, 0.25) is 11.5 Å². The highest BCUT2D eigenvalue weighted by atomic mass is 19.2. The maximum absolute atomic E-state index is 13.6. The number of pyridine rings is 1. The van der Waals surface area contributed by atoms with Crippen molar-refractivity contribution in [3.8, 4) is 0 Å². The van der Waals surface area contributed by atoms with Crippen molar-refractivity contribution in [3.05, 3.63) is 81.6 Å². The molecule has 0 fully saturated rings. The first-order valence-electron chi connectivity index (χ1n) is 8.00. The van der Waals surface area contributed by atoms with Gasteiger partial charge < -0.3 is 15.6 Å². The standard InChI is InChI=1S/C19H15F2N3O3/c1-22-19(27)17(10-6-7-13(20)14(21)8-10)24-18(26)12-9-16(25)23-15-5-3-2-4-11(12)15/h2-9,17H,1H3,(H,22,27)(H,23,25)(H,24,26). The zero-order chi connectivity index (χ0) is 19.6. The predicted octanol–water partition coefficient (Wildman–Crippen LogP) is 2.02. The number of fused-ring (bicyclic) bond motifs is 1. The van der Waals surface area contributed by atoms with Crippen molar-refractivity contribution in [1.29, 1.82) is 0 Å². The summed E-state index contributed by atoms with van der Waals surface area (Å²) in [6, 6.07) is 9.44. The average Bonchev–Trinajstić information content (AvgIpc) is 2.66. The van der Waals surface area contributed by atoms with Crippen LogP contribution in [0.2, 0.25) is 0 Å². The van der Waals surface area contributed by atoms with Gasteiger partial charge >= 0.3 is 0 Å². The van der Waals surface area contributed by atoms with Crippen LogP contribution in [-0.2, 0) is 4.79 Å². The summed E-state index contributed by atoms with van der Waals surface area (Å²) in [6.45, 7) is 0. The molecule has 27 heavy (non-hydrogen) atoms. The predicted molar refractivity (Wildman–Crippen MR) is 95.2 cm³/mol. The van der Waals surface area contributed by atoms with E-state index < -0.39 is 35.0 Å². The molecule has 0 spiro atoms. The molecule has 0 bridgehead atoms. The van der Waals surface area contributed by atoms with E-state index in [0.29, 0.717) is 10.9 Å². The molecule has 3 rings (SSSR count). The monoisotopic (exact) mass is 371 g/mol. The zero-order valence-corrected chi connectivity index (χ0v) is 14.2. The summed E-state index contributed by atoms with van der Waals surface area (Å²) in [5.74, 6) is -3.53. The highest BCUT2D eigenvalue weighted by Gasteiger charge is 2.24. The Balaban J connectivity index is 2.02. The van der Waals surface area contributed by atoms with E-state index in [1.54, 1.807) is 24.3 Å². The second kappa shape index (κ2) is 7.36. The van der Waals surface area contributed by atoms with Crippen molar-refractivity contribution in [1.82, 2.24) is 15.6 Å². The van der Waals surface area contributed by atoms with Crippen molar-refractivity contribution in [2.24, 2.45) is 0 Å². The van der Waals surface area contributed by atoms with E-state index in [9.17, 15) is 23.2 Å². The first-order valence-corrected chi connectivity index (χ1v) is 8.00. The summed E-state index contributed by atoms with van der Waals surface area (Å²) in [5, 5.41) is 5.32. The van der Waals surface area contributed by atoms with E-state index in [2.05, 4.69) is 15.6 Å². The van der Waals surface area contributed by atoms with Gasteiger partial charge in [-0.15, -0.1) is 0 Å². The zero-order valence-electron chi connectivity index (χ0n) is 14.2. The number of para-hydroxylation sites is 1. The lowest BCUT2D eigenvalue weighted by Crippen LogP contribution is -2.39. The van der Waals surface area contributed by atoms with Gasteiger partial charge in [-0.2, -0.15) is 0 Å². The van der Waals surface area contributed by atoms with Crippen LogP contribution in [0, 0.1) is 11.6 Å². The normalized spacial score (nSPS) is 11.8. The first kappa shape index (κ1) is 18.2. The molecular formula is C19H15F2N3O3. The number of amides is 2. The first-order chi connectivity index (χ1) is 12.9. The molecule has 138 valence electrons. The average molecular weight is 371 g/mol. The third kappa shape index (κ3) is 3.69. The third-order valence-electron chi connectivity index (χ3n) is 4.06. The van der Waals surface area contributed by atoms with Gasteiger partial charge in [0, 0.05) is 24.0 Å². The Morgan fingerprint density at radius 2 is 1.78 bits per heavy atom. The number of aromatic amines is 1. The maximum atomic E-state index is 13.6. The molecule has 0 aliphatic rings. The van der Waals surface area contributed by atoms with Crippen LogP contribution in [0.5, 0.6) is 0 Å². The Morgan fingerprint density at radius 1 is 1.04 bits per heavy atom. The van der Waals surface area contributed by atoms with Crippen LogP contribution < -0.4 is 16.2 Å². The highest BCUT2D eigenvalue weighted by molar-refractivity contribution is 6.07. The number of hydrogen-bond acceptors (Lipinski definition) is 3. The Bertz CT molecular complexity index is 1090. The quantitative estimate of drug-likeness (QED) is 0.655. The molecule has 2 aromatic carbocycles. The lowest BCUT2D eigenvalue weighted by Gasteiger charge is -2.18. The topological polar surface area (TPSA) is 91.1 Å². The summed E-state index contributed by atoms with van der Waals surface area (Å²) in [5.41, 5.74) is 0.101. The van der Waals surface area contributed by atoms with E-state index in [1.807, 2.05) is 0 Å². The second-order valence-electron chi connectivity index (χ2n) is 5.79. The third-order valence-corrected chi connectivity index (χ3v) is 4.06. The smallest absolute Gasteiger partial charge is 0.253 e. The van der Waals surface area contributed by atoms with Gasteiger partial charge in [-0.25, -0.2) is 8.78 Å². The molecule has 0 saturated heterocycles. The van der Waals surface area contributed by atoms with E-state index in [0.717, 1.165) is 18.2 Å². The summed E-state index contributed by atoms with van der Waals surface area (Å²) >= 11 is 0. The van der Waals surface area contributed by atoms with Gasteiger partial charge in [-0.1, -0.05) is 24.3 Å². The minimum Gasteiger partial charge on any atom is -0.357 e. The molecular weight excluding hydrogens is 356 g/mol. The molecule has 0 saturated carbocycles. The Labute approximate surface area is 152 Å². The van der Waals surface area contributed by atoms with Crippen LogP contribution in [0.15, 0.2) is 53.3 Å². The Hall–Kier alpha value is -3.55. The van der Waals surface area contributed by atoms with Crippen molar-refractivity contribution >= 4 is 22.7 Å². The number of aromatic nitrogens is 1. The fourth-order valence-electron chi connectivity index (χ4n) is 2.74. The van der Waals surface area contributed by atoms with Crippen LogP contribution in [0.1, 0.15) is 22.0 Å². The number of benzene rings is 2. The van der Waals surface area contributed by atoms with Gasteiger partial charge in [0.05, 0.1) is 5.56 Å². The van der Waals surface area contributed by atoms with Crippen LogP contribution in [0.25, 0.3) is 10.9 Å². The second-order valence-corrected chi connectivity index (χ2v) is 5.79. The van der Waals surface area contributed by atoms with Crippen LogP contribution in [0.4, 0.5) is 8.78 Å². The van der Waals surface area contributed by atoms with Crippen molar-refractivity contribution < 1.29 is 18.4 Å². The minimum atomic E-state index is -1.27. The fraction of sp³-hybridized carbons (Fsp3) is 0.105. The molecule has 0 aliphatic carbocycles. The molecule has 1 aromatic heterocycles. The van der Waals surface area contributed by atoms with Gasteiger partial charge in [-0.3, -0.25) is 14.4 Å². The number of halogens is 2. The van der Waals surface area contributed by atoms with E-state index in [1.165, 1.54) is 13.1 Å². The molecule has 0 aliphatic heterocycles. The summed E-state index contributed by atoms with van der Waals surface area (Å²) < 4.78 is 26.8. The molecule has 0 radical (unpaired) electrons. The van der Waals surface area contributed by atoms with Crippen molar-refractivity contribution in [2.45, 2.75) is 6.04 Å². The van der Waals surface area contributed by atoms with Crippen LogP contribution >= 0.6 is 0 Å². The number of H-pyrrole nitrogens is 1. The number of likely N-dealkylation sites (N-methyl/N-ethyl adjacent to an activating group) is 1. The van der Waals surface area contributed by atoms with Crippen LogP contribution in [0.3, 0.4) is 0 Å². The lowest BCUT2D eigenvalue weighted by molar-refractivity contribution is -0.122. The lowest BCUT2D eigenvalue weighted by atomic mass is 10.0. The molecule has 1 atom stereocenters. The molecule has 6 nitrogen and oxygen atoms in total. The Morgan fingerprint density at radius 3 is 2.48 bits per heavy atom. The summed E-state index contributed by atoms with van der Waals surface area (Å²) in [6.07, 6.45) is 0. The molecule has 3 N–H and O–H groups in total. The van der Waals surface area contributed by atoms with Gasteiger partial charge in [-0.05, 0) is 23.8 Å². The minimum absolute atomic E-state index is 0.0610. The highest BCUT2D eigenvalue weighted by Crippen LogP contribution is 2.19. The number of nitrogens with one attached hydrogen (secondary N) is 3. The van der Waals surface area contributed by atoms with Crippen molar-refractivity contribution in [2.75, 3.05) is 7.05 Å². The van der Waals surface area contributed by atoms with Crippen molar-refractivity contribution in [3.63, 3.8) is 0 Å². The van der Waals surface area contributed by atoms with Crippen LogP contribution in [-0.4, -0.2) is 23.8 Å². The fourth-order valence-corrected chi connectivity index (χ4v) is 2.74. The number of rotatable bonds is 4. The molecule has 1 heterocycles. The molecule has 2 amide bonds. The molecule has 8 heteroatoms. The number of hydrogen-bond donors (Lipinski definition) is 3. The van der Waals surface area contributed by atoms with E-state index >= 15 is 0 Å².